The summed E-state index contributed by atoms with van der Waals surface area (Å²) in [5.74, 6) is 0.154. The molecule has 1 aromatic carbocycles. The molecule has 2 fully saturated rings. The molecule has 0 unspecified atom stereocenters. The van der Waals surface area contributed by atoms with Crippen molar-refractivity contribution in [2.45, 2.75) is 48.8 Å². The maximum Gasteiger partial charge on any atom is 0.219 e. The molecule has 0 radical (unpaired) electrons. The Morgan fingerprint density at radius 3 is 2.08 bits per heavy atom. The molecule has 6 heteroatoms. The molecule has 1 aromatic rings. The lowest BCUT2D eigenvalue weighted by Crippen LogP contribution is -2.50. The Morgan fingerprint density at radius 1 is 0.958 bits per heavy atom. The summed E-state index contributed by atoms with van der Waals surface area (Å²) in [7, 11) is -3.22. The monoisotopic (exact) mass is 350 g/mol. The van der Waals surface area contributed by atoms with Gasteiger partial charge in [0.15, 0.2) is 9.84 Å². The van der Waals surface area contributed by atoms with E-state index < -0.39 is 9.84 Å². The minimum Gasteiger partial charge on any atom is -0.343 e. The fraction of sp³-hybridized carbons (Fsp3) is 0.611. The van der Waals surface area contributed by atoms with Crippen molar-refractivity contribution in [2.24, 2.45) is 0 Å². The standard InChI is InChI=1S/C18H26N2O3S/c1-15(21)19-11-7-16(8-12-19)20-13-9-18(10-14-20)24(22,23)17-5-3-2-4-6-17/h2-6,16,18H,7-14H2,1H3. The molecule has 2 aliphatic rings. The summed E-state index contributed by atoms with van der Waals surface area (Å²) in [5, 5.41) is -0.270. The number of rotatable bonds is 3. The number of sulfone groups is 1. The number of likely N-dealkylation sites (tertiary alicyclic amines) is 2. The van der Waals surface area contributed by atoms with Gasteiger partial charge in [-0.15, -0.1) is 0 Å². The normalized spacial score (nSPS) is 21.8. The third kappa shape index (κ3) is 3.64. The van der Waals surface area contributed by atoms with E-state index in [1.165, 1.54) is 0 Å². The Kier molecular flexibility index (Phi) is 5.25. The van der Waals surface area contributed by atoms with Crippen LogP contribution in [0.3, 0.4) is 0 Å². The minimum atomic E-state index is -3.22. The number of hydrogen-bond donors (Lipinski definition) is 0. The van der Waals surface area contributed by atoms with E-state index in [9.17, 15) is 13.2 Å². The van der Waals surface area contributed by atoms with Crippen molar-refractivity contribution in [3.05, 3.63) is 30.3 Å². The van der Waals surface area contributed by atoms with Crippen LogP contribution in [0.1, 0.15) is 32.6 Å². The fourth-order valence-electron chi connectivity index (χ4n) is 3.90. The Balaban J connectivity index is 1.56. The maximum atomic E-state index is 12.7. The summed E-state index contributed by atoms with van der Waals surface area (Å²) in [5.41, 5.74) is 0. The van der Waals surface area contributed by atoms with Gasteiger partial charge in [-0.1, -0.05) is 18.2 Å². The highest BCUT2D eigenvalue weighted by Crippen LogP contribution is 2.27. The molecule has 2 saturated heterocycles. The highest BCUT2D eigenvalue weighted by Gasteiger charge is 2.34. The first kappa shape index (κ1) is 17.4. The van der Waals surface area contributed by atoms with Crippen LogP contribution in [-0.4, -0.2) is 61.6 Å². The zero-order valence-corrected chi connectivity index (χ0v) is 15.0. The van der Waals surface area contributed by atoms with Crippen LogP contribution < -0.4 is 0 Å². The van der Waals surface area contributed by atoms with Gasteiger partial charge in [0.05, 0.1) is 10.1 Å². The van der Waals surface area contributed by atoms with E-state index in [4.69, 9.17) is 0 Å². The summed E-state index contributed by atoms with van der Waals surface area (Å²) < 4.78 is 25.5. The highest BCUT2D eigenvalue weighted by molar-refractivity contribution is 7.92. The molecule has 0 aliphatic carbocycles. The predicted octanol–water partition coefficient (Wildman–Crippen LogP) is 1.94. The summed E-state index contributed by atoms with van der Waals surface area (Å²) in [6.07, 6.45) is 3.39. The van der Waals surface area contributed by atoms with Crippen LogP contribution in [0.5, 0.6) is 0 Å². The molecule has 2 heterocycles. The van der Waals surface area contributed by atoms with Gasteiger partial charge in [-0.05, 0) is 50.9 Å². The quantitative estimate of drug-likeness (QED) is 0.836. The van der Waals surface area contributed by atoms with Crippen LogP contribution in [0.2, 0.25) is 0 Å². The van der Waals surface area contributed by atoms with Gasteiger partial charge in [0.25, 0.3) is 0 Å². The average Bonchev–Trinajstić information content (AvgIpc) is 2.62. The Hall–Kier alpha value is -1.40. The minimum absolute atomic E-state index is 0.154. The third-order valence-corrected chi connectivity index (χ3v) is 7.69. The molecule has 0 spiro atoms. The number of carbonyl (C=O) groups excluding carboxylic acids is 1. The summed E-state index contributed by atoms with van der Waals surface area (Å²) >= 11 is 0. The van der Waals surface area contributed by atoms with E-state index >= 15 is 0 Å². The summed E-state index contributed by atoms with van der Waals surface area (Å²) in [6, 6.07) is 9.28. The second-order valence-electron chi connectivity index (χ2n) is 6.83. The van der Waals surface area contributed by atoms with E-state index in [1.54, 1.807) is 31.2 Å². The van der Waals surface area contributed by atoms with Crippen molar-refractivity contribution in [1.82, 2.24) is 9.80 Å². The lowest BCUT2D eigenvalue weighted by atomic mass is 10.00. The van der Waals surface area contributed by atoms with Crippen molar-refractivity contribution in [1.29, 1.82) is 0 Å². The average molecular weight is 350 g/mol. The molecule has 1 amide bonds. The summed E-state index contributed by atoms with van der Waals surface area (Å²) in [6.45, 7) is 4.94. The first-order valence-corrected chi connectivity index (χ1v) is 10.3. The zero-order chi connectivity index (χ0) is 17.2. The van der Waals surface area contributed by atoms with Gasteiger partial charge in [0.2, 0.25) is 5.91 Å². The van der Waals surface area contributed by atoms with Crippen LogP contribution in [0.15, 0.2) is 35.2 Å². The van der Waals surface area contributed by atoms with Crippen LogP contribution in [-0.2, 0) is 14.6 Å². The van der Waals surface area contributed by atoms with Gasteiger partial charge in [0, 0.05) is 26.1 Å². The molecule has 0 aromatic heterocycles. The predicted molar refractivity (Wildman–Crippen MR) is 93.5 cm³/mol. The SMILES string of the molecule is CC(=O)N1CCC(N2CCC(S(=O)(=O)c3ccccc3)CC2)CC1. The number of benzene rings is 1. The molecule has 132 valence electrons. The maximum absolute atomic E-state index is 12.7. The molecule has 0 bridgehead atoms. The van der Waals surface area contributed by atoms with Gasteiger partial charge in [-0.25, -0.2) is 8.42 Å². The third-order valence-electron chi connectivity index (χ3n) is 5.41. The van der Waals surface area contributed by atoms with Gasteiger partial charge < -0.3 is 9.80 Å². The van der Waals surface area contributed by atoms with Gasteiger partial charge in [-0.2, -0.15) is 0 Å². The van der Waals surface area contributed by atoms with Crippen LogP contribution in [0.25, 0.3) is 0 Å². The van der Waals surface area contributed by atoms with E-state index in [1.807, 2.05) is 11.0 Å². The van der Waals surface area contributed by atoms with Gasteiger partial charge in [0.1, 0.15) is 0 Å². The number of hydrogen-bond acceptors (Lipinski definition) is 4. The molecule has 5 nitrogen and oxygen atoms in total. The van der Waals surface area contributed by atoms with E-state index in [0.29, 0.717) is 23.8 Å². The molecular weight excluding hydrogens is 324 g/mol. The van der Waals surface area contributed by atoms with E-state index in [0.717, 1.165) is 39.0 Å². The molecule has 3 rings (SSSR count). The lowest BCUT2D eigenvalue weighted by Gasteiger charge is -2.41. The van der Waals surface area contributed by atoms with Crippen LogP contribution in [0.4, 0.5) is 0 Å². The second-order valence-corrected chi connectivity index (χ2v) is 9.06. The van der Waals surface area contributed by atoms with Crippen molar-refractivity contribution in [3.8, 4) is 0 Å². The lowest BCUT2D eigenvalue weighted by molar-refractivity contribution is -0.130. The van der Waals surface area contributed by atoms with Crippen molar-refractivity contribution in [2.75, 3.05) is 26.2 Å². The van der Waals surface area contributed by atoms with Crippen LogP contribution >= 0.6 is 0 Å². The van der Waals surface area contributed by atoms with Gasteiger partial charge >= 0.3 is 0 Å². The molecular formula is C18H26N2O3S. The molecule has 2 aliphatic heterocycles. The van der Waals surface area contributed by atoms with E-state index in [2.05, 4.69) is 4.90 Å². The molecule has 24 heavy (non-hydrogen) atoms. The topological polar surface area (TPSA) is 57.7 Å². The fourth-order valence-corrected chi connectivity index (χ4v) is 5.65. The highest BCUT2D eigenvalue weighted by atomic mass is 32.2. The number of carbonyl (C=O) groups is 1. The summed E-state index contributed by atoms with van der Waals surface area (Å²) in [4.78, 5) is 16.2. The Morgan fingerprint density at radius 2 is 1.54 bits per heavy atom. The van der Waals surface area contributed by atoms with Crippen molar-refractivity contribution >= 4 is 15.7 Å². The van der Waals surface area contributed by atoms with Crippen molar-refractivity contribution in [3.63, 3.8) is 0 Å². The molecule has 0 atom stereocenters. The van der Waals surface area contributed by atoms with Gasteiger partial charge in [-0.3, -0.25) is 4.79 Å². The van der Waals surface area contributed by atoms with Crippen molar-refractivity contribution < 1.29 is 13.2 Å². The number of amides is 1. The van der Waals surface area contributed by atoms with E-state index in [-0.39, 0.29) is 11.2 Å². The first-order valence-electron chi connectivity index (χ1n) is 8.77. The smallest absolute Gasteiger partial charge is 0.219 e. The number of nitrogens with zero attached hydrogens (tertiary/aromatic N) is 2. The Labute approximate surface area is 144 Å². The zero-order valence-electron chi connectivity index (χ0n) is 14.2. The van der Waals surface area contributed by atoms with Crippen LogP contribution in [0, 0.1) is 0 Å². The Bertz CT molecular complexity index is 659. The molecule has 0 N–H and O–H groups in total. The second kappa shape index (κ2) is 7.23. The molecule has 0 saturated carbocycles. The largest absolute Gasteiger partial charge is 0.343 e. The first-order chi connectivity index (χ1) is 11.5. The number of piperidine rings is 2.